The quantitative estimate of drug-likeness (QED) is 0.275. The largest absolute Gasteiger partial charge is 0.459 e. The maximum atomic E-state index is 13.2. The number of aromatic nitrogens is 3. The first-order valence-corrected chi connectivity index (χ1v) is 9.61. The Labute approximate surface area is 164 Å². The van der Waals surface area contributed by atoms with E-state index in [1.54, 1.807) is 12.3 Å². The predicted octanol–water partition coefficient (Wildman–Crippen LogP) is 5.41. The van der Waals surface area contributed by atoms with Crippen LogP contribution in [0.2, 0.25) is 5.02 Å². The lowest BCUT2D eigenvalue weighted by Crippen LogP contribution is -2.04. The van der Waals surface area contributed by atoms with Crippen LogP contribution in [0.25, 0.3) is 5.69 Å². The zero-order valence-electron chi connectivity index (χ0n) is 15.4. The Bertz CT molecular complexity index is 749. The average molecular weight is 394 g/mol. The van der Waals surface area contributed by atoms with Crippen LogP contribution in [0.3, 0.4) is 0 Å². The van der Waals surface area contributed by atoms with Crippen molar-refractivity contribution in [2.45, 2.75) is 58.0 Å². The SMILES string of the molecule is C=CCCCCCCCCC(=O)OCc1cn(-c2ccc(F)c(Cl)c2)nn1. The molecule has 0 N–H and O–H groups in total. The van der Waals surface area contributed by atoms with Gasteiger partial charge in [-0.2, -0.15) is 0 Å². The molecule has 2 rings (SSSR count). The number of rotatable bonds is 12. The van der Waals surface area contributed by atoms with Gasteiger partial charge in [-0.1, -0.05) is 48.6 Å². The molecule has 1 heterocycles. The summed E-state index contributed by atoms with van der Waals surface area (Å²) in [5.74, 6) is -0.729. The lowest BCUT2D eigenvalue weighted by Gasteiger charge is -2.03. The molecule has 0 aliphatic rings. The Hall–Kier alpha value is -2.21. The molecule has 0 saturated carbocycles. The second kappa shape index (κ2) is 11.5. The maximum absolute atomic E-state index is 13.2. The monoisotopic (exact) mass is 393 g/mol. The van der Waals surface area contributed by atoms with E-state index in [2.05, 4.69) is 16.9 Å². The van der Waals surface area contributed by atoms with Gasteiger partial charge in [0.05, 0.1) is 16.9 Å². The van der Waals surface area contributed by atoms with E-state index in [1.165, 1.54) is 36.1 Å². The number of allylic oxidation sites excluding steroid dienone is 1. The van der Waals surface area contributed by atoms with E-state index in [0.717, 1.165) is 25.7 Å². The highest BCUT2D eigenvalue weighted by molar-refractivity contribution is 6.30. The summed E-state index contributed by atoms with van der Waals surface area (Å²) in [6.07, 6.45) is 11.7. The number of ether oxygens (including phenoxy) is 1. The first kappa shape index (κ1) is 21.1. The van der Waals surface area contributed by atoms with Crippen molar-refractivity contribution in [3.05, 3.63) is 53.6 Å². The van der Waals surface area contributed by atoms with Gasteiger partial charge < -0.3 is 4.74 Å². The number of carbonyl (C=O) groups excluding carboxylic acids is 1. The third kappa shape index (κ3) is 7.51. The minimum Gasteiger partial charge on any atom is -0.459 e. The summed E-state index contributed by atoms with van der Waals surface area (Å²) < 4.78 is 19.9. The zero-order chi connectivity index (χ0) is 19.5. The number of unbranched alkanes of at least 4 members (excludes halogenated alkanes) is 6. The maximum Gasteiger partial charge on any atom is 0.306 e. The van der Waals surface area contributed by atoms with E-state index in [0.29, 0.717) is 17.8 Å². The predicted molar refractivity (Wildman–Crippen MR) is 103 cm³/mol. The number of hydrogen-bond donors (Lipinski definition) is 0. The second-order valence-corrected chi connectivity index (χ2v) is 6.77. The van der Waals surface area contributed by atoms with Gasteiger partial charge in [-0.05, 0) is 37.5 Å². The van der Waals surface area contributed by atoms with E-state index in [1.807, 2.05) is 6.08 Å². The van der Waals surface area contributed by atoms with Crippen LogP contribution in [0.4, 0.5) is 4.39 Å². The molecule has 2 aromatic rings. The average Bonchev–Trinajstić information content (AvgIpc) is 3.13. The summed E-state index contributed by atoms with van der Waals surface area (Å²) >= 11 is 5.77. The third-order valence-corrected chi connectivity index (χ3v) is 4.42. The molecule has 5 nitrogen and oxygen atoms in total. The van der Waals surface area contributed by atoms with Gasteiger partial charge in [-0.3, -0.25) is 4.79 Å². The minimum absolute atomic E-state index is 0.0108. The molecule has 0 aliphatic heterocycles. The van der Waals surface area contributed by atoms with Crippen LogP contribution in [0.15, 0.2) is 37.1 Å². The molecule has 0 atom stereocenters. The van der Waals surface area contributed by atoms with Gasteiger partial charge in [0, 0.05) is 6.42 Å². The van der Waals surface area contributed by atoms with Gasteiger partial charge in [0.15, 0.2) is 0 Å². The summed E-state index contributed by atoms with van der Waals surface area (Å²) in [6, 6.07) is 4.26. The lowest BCUT2D eigenvalue weighted by molar-refractivity contribution is -0.145. The Balaban J connectivity index is 1.65. The van der Waals surface area contributed by atoms with Gasteiger partial charge in [-0.15, -0.1) is 11.7 Å². The second-order valence-electron chi connectivity index (χ2n) is 6.36. The van der Waals surface area contributed by atoms with Gasteiger partial charge in [0.1, 0.15) is 18.1 Å². The fourth-order valence-electron chi connectivity index (χ4n) is 2.61. The molecule has 0 aliphatic carbocycles. The molecule has 0 fully saturated rings. The highest BCUT2D eigenvalue weighted by atomic mass is 35.5. The van der Waals surface area contributed by atoms with Gasteiger partial charge in [0.25, 0.3) is 0 Å². The summed E-state index contributed by atoms with van der Waals surface area (Å²) in [4.78, 5) is 11.8. The molecule has 7 heteroatoms. The van der Waals surface area contributed by atoms with E-state index in [-0.39, 0.29) is 17.6 Å². The highest BCUT2D eigenvalue weighted by Crippen LogP contribution is 2.18. The van der Waals surface area contributed by atoms with Crippen LogP contribution >= 0.6 is 11.6 Å². The van der Waals surface area contributed by atoms with Crippen molar-refractivity contribution in [2.75, 3.05) is 0 Å². The lowest BCUT2D eigenvalue weighted by atomic mass is 10.1. The van der Waals surface area contributed by atoms with Crippen LogP contribution in [0.5, 0.6) is 0 Å². The molecule has 27 heavy (non-hydrogen) atoms. The number of carbonyl (C=O) groups is 1. The minimum atomic E-state index is -0.494. The van der Waals surface area contributed by atoms with Crippen molar-refractivity contribution >= 4 is 17.6 Å². The Morgan fingerprint density at radius 2 is 1.96 bits per heavy atom. The Morgan fingerprint density at radius 3 is 2.70 bits per heavy atom. The molecule has 0 radical (unpaired) electrons. The molecule has 1 aromatic carbocycles. The molecule has 1 aromatic heterocycles. The van der Waals surface area contributed by atoms with E-state index >= 15 is 0 Å². The summed E-state index contributed by atoms with van der Waals surface area (Å²) in [7, 11) is 0. The molecule has 0 spiro atoms. The molecular weight excluding hydrogens is 369 g/mol. The number of nitrogens with zero attached hydrogens (tertiary/aromatic N) is 3. The van der Waals surface area contributed by atoms with Crippen molar-refractivity contribution < 1.29 is 13.9 Å². The molecule has 146 valence electrons. The molecular formula is C20H25ClFN3O2. The zero-order valence-corrected chi connectivity index (χ0v) is 16.1. The van der Waals surface area contributed by atoms with Gasteiger partial charge in [-0.25, -0.2) is 9.07 Å². The summed E-state index contributed by atoms with van der Waals surface area (Å²) in [5.41, 5.74) is 1.10. The summed E-state index contributed by atoms with van der Waals surface area (Å²) in [5, 5.41) is 7.90. The smallest absolute Gasteiger partial charge is 0.306 e. The topological polar surface area (TPSA) is 57.0 Å². The molecule has 0 unspecified atom stereocenters. The van der Waals surface area contributed by atoms with Gasteiger partial charge >= 0.3 is 5.97 Å². The molecule has 0 amide bonds. The van der Waals surface area contributed by atoms with Crippen LogP contribution < -0.4 is 0 Å². The van der Waals surface area contributed by atoms with Crippen molar-refractivity contribution in [3.8, 4) is 5.69 Å². The van der Waals surface area contributed by atoms with Crippen molar-refractivity contribution in [1.29, 1.82) is 0 Å². The molecule has 0 bridgehead atoms. The first-order valence-electron chi connectivity index (χ1n) is 9.23. The van der Waals surface area contributed by atoms with Crippen molar-refractivity contribution in [1.82, 2.24) is 15.0 Å². The number of benzene rings is 1. The number of hydrogen-bond acceptors (Lipinski definition) is 4. The van der Waals surface area contributed by atoms with Crippen molar-refractivity contribution in [2.24, 2.45) is 0 Å². The van der Waals surface area contributed by atoms with Crippen molar-refractivity contribution in [3.63, 3.8) is 0 Å². The van der Waals surface area contributed by atoms with Crippen LogP contribution in [-0.4, -0.2) is 21.0 Å². The van der Waals surface area contributed by atoms with E-state index < -0.39 is 5.82 Å². The van der Waals surface area contributed by atoms with Crippen LogP contribution in [-0.2, 0) is 16.1 Å². The normalized spacial score (nSPS) is 10.7. The first-order chi connectivity index (χ1) is 13.1. The van der Waals surface area contributed by atoms with E-state index in [9.17, 15) is 9.18 Å². The molecule has 0 saturated heterocycles. The van der Waals surface area contributed by atoms with E-state index in [4.69, 9.17) is 16.3 Å². The highest BCUT2D eigenvalue weighted by Gasteiger charge is 2.08. The number of halogens is 2. The Morgan fingerprint density at radius 1 is 1.22 bits per heavy atom. The standard InChI is InChI=1S/C20H25ClFN3O2/c1-2-3-4-5-6-7-8-9-10-20(26)27-15-16-14-25(24-23-16)17-11-12-19(22)18(21)13-17/h2,11-14H,1,3-10,15H2. The fraction of sp³-hybridized carbons (Fsp3) is 0.450. The Kier molecular flexibility index (Phi) is 8.98. The van der Waals surface area contributed by atoms with Crippen LogP contribution in [0, 0.1) is 5.82 Å². The fourth-order valence-corrected chi connectivity index (χ4v) is 2.78. The number of esters is 1. The summed E-state index contributed by atoms with van der Waals surface area (Å²) in [6.45, 7) is 3.77. The third-order valence-electron chi connectivity index (χ3n) is 4.13. The van der Waals surface area contributed by atoms with Gasteiger partial charge in [0.2, 0.25) is 0 Å². The van der Waals surface area contributed by atoms with Crippen LogP contribution in [0.1, 0.15) is 57.1 Å².